The van der Waals surface area contributed by atoms with E-state index in [0.717, 1.165) is 32.4 Å². The zero-order valence-corrected chi connectivity index (χ0v) is 16.8. The van der Waals surface area contributed by atoms with Crippen LogP contribution in [0.4, 0.5) is 5.69 Å². The van der Waals surface area contributed by atoms with E-state index in [0.29, 0.717) is 37.6 Å². The molecule has 0 unspecified atom stereocenters. The molecule has 2 amide bonds. The molecule has 0 aliphatic carbocycles. The summed E-state index contributed by atoms with van der Waals surface area (Å²) in [5, 5.41) is 7.94. The number of nitrogens with one attached hydrogen (secondary N) is 1. The molecule has 30 heavy (non-hydrogen) atoms. The molecule has 2 aliphatic heterocycles. The van der Waals surface area contributed by atoms with Crippen molar-refractivity contribution in [3.8, 4) is 0 Å². The van der Waals surface area contributed by atoms with E-state index in [1.807, 2.05) is 4.90 Å². The summed E-state index contributed by atoms with van der Waals surface area (Å²) in [6, 6.07) is 6.57. The lowest BCUT2D eigenvalue weighted by Crippen LogP contribution is -2.42. The van der Waals surface area contributed by atoms with Gasteiger partial charge < -0.3 is 26.0 Å². The summed E-state index contributed by atoms with van der Waals surface area (Å²) in [6.07, 6.45) is 3.15. The number of hydrogen-bond donors (Lipinski definition) is 3. The van der Waals surface area contributed by atoms with Crippen LogP contribution in [0.1, 0.15) is 29.6 Å². The molecule has 2 heterocycles. The van der Waals surface area contributed by atoms with Crippen LogP contribution in [0, 0.1) is 5.41 Å². The van der Waals surface area contributed by atoms with Crippen molar-refractivity contribution in [2.75, 3.05) is 39.4 Å². The maximum absolute atomic E-state index is 12.5. The highest BCUT2D eigenvalue weighted by Gasteiger charge is 2.19. The van der Waals surface area contributed by atoms with E-state index in [-0.39, 0.29) is 17.7 Å². The maximum Gasteiger partial charge on any atom is 0.270 e. The third kappa shape index (κ3) is 5.41. The number of carbonyl (C=O) groups is 2. The van der Waals surface area contributed by atoms with Gasteiger partial charge >= 0.3 is 0 Å². The Morgan fingerprint density at radius 2 is 1.57 bits per heavy atom. The highest BCUT2D eigenvalue weighted by atomic mass is 16.5. The fourth-order valence-electron chi connectivity index (χ4n) is 3.30. The van der Waals surface area contributed by atoms with Gasteiger partial charge in [0, 0.05) is 31.7 Å². The van der Waals surface area contributed by atoms with Crippen molar-refractivity contribution in [2.45, 2.75) is 19.3 Å². The van der Waals surface area contributed by atoms with E-state index in [4.69, 9.17) is 21.6 Å². The number of amidine groups is 1. The molecule has 0 atom stereocenters. The minimum absolute atomic E-state index is 0.0775. The first-order valence-electron chi connectivity index (χ1n) is 9.99. The number of carbonyl (C=O) groups excluding carboxylic acids is 2. The summed E-state index contributed by atoms with van der Waals surface area (Å²) in [5.74, 6) is -0.967. The third-order valence-corrected chi connectivity index (χ3v) is 5.02. The lowest BCUT2D eigenvalue weighted by molar-refractivity contribution is -0.111. The van der Waals surface area contributed by atoms with Gasteiger partial charge in [0.1, 0.15) is 0 Å². The lowest BCUT2D eigenvalue weighted by atomic mass is 10.1. The standard InChI is InChI=1S/C20H27N7O3/c21-16(17(22)28)18(25-20(23)27-8-2-1-3-9-27)24-15-6-4-14(5-7-15)19(29)26-10-12-30-13-11-26/h4-7,21H,1-3,8-13H2,(H2,22,28)(H2,23,24,25). The number of hydrogen-bond acceptors (Lipinski definition) is 5. The van der Waals surface area contributed by atoms with Crippen molar-refractivity contribution in [3.63, 3.8) is 0 Å². The lowest BCUT2D eigenvalue weighted by Gasteiger charge is -2.27. The van der Waals surface area contributed by atoms with Crippen LogP contribution in [0.5, 0.6) is 0 Å². The Kier molecular flexibility index (Phi) is 7.12. The second-order valence-electron chi connectivity index (χ2n) is 7.14. The van der Waals surface area contributed by atoms with Crippen LogP contribution in [-0.4, -0.2) is 78.5 Å². The average molecular weight is 413 g/mol. The number of aliphatic imine (C=N–C) groups is 2. The summed E-state index contributed by atoms with van der Waals surface area (Å²) >= 11 is 0. The first-order chi connectivity index (χ1) is 14.5. The van der Waals surface area contributed by atoms with Crippen molar-refractivity contribution >= 4 is 35.0 Å². The van der Waals surface area contributed by atoms with Gasteiger partial charge in [0.15, 0.2) is 17.5 Å². The number of piperidine rings is 1. The van der Waals surface area contributed by atoms with Crippen molar-refractivity contribution in [3.05, 3.63) is 29.8 Å². The van der Waals surface area contributed by atoms with Gasteiger partial charge in [-0.2, -0.15) is 4.99 Å². The molecule has 0 spiro atoms. The minimum Gasteiger partial charge on any atom is -0.378 e. The molecule has 0 radical (unpaired) electrons. The summed E-state index contributed by atoms with van der Waals surface area (Å²) in [7, 11) is 0. The Hall–Kier alpha value is -3.27. The highest BCUT2D eigenvalue weighted by Crippen LogP contribution is 2.16. The predicted octanol–water partition coefficient (Wildman–Crippen LogP) is 0.495. The summed E-state index contributed by atoms with van der Waals surface area (Å²) < 4.78 is 5.27. The molecule has 1 aromatic rings. The van der Waals surface area contributed by atoms with E-state index >= 15 is 0 Å². The molecule has 2 aliphatic rings. The molecule has 1 aromatic carbocycles. The number of nitrogens with zero attached hydrogens (tertiary/aromatic N) is 4. The second kappa shape index (κ2) is 9.97. The second-order valence-corrected chi connectivity index (χ2v) is 7.14. The quantitative estimate of drug-likeness (QED) is 0.485. The number of primary amides is 1. The molecule has 2 fully saturated rings. The van der Waals surface area contributed by atoms with Crippen molar-refractivity contribution in [1.29, 1.82) is 5.41 Å². The topological polar surface area (TPSA) is 150 Å². The Balaban J connectivity index is 1.80. The number of ether oxygens (including phenoxy) is 1. The third-order valence-electron chi connectivity index (χ3n) is 5.02. The molecule has 10 nitrogen and oxygen atoms in total. The number of nitrogens with two attached hydrogens (primary N) is 2. The summed E-state index contributed by atoms with van der Waals surface area (Å²) in [4.78, 5) is 36.2. The van der Waals surface area contributed by atoms with Gasteiger partial charge in [-0.25, -0.2) is 4.99 Å². The van der Waals surface area contributed by atoms with E-state index in [2.05, 4.69) is 9.98 Å². The van der Waals surface area contributed by atoms with E-state index in [9.17, 15) is 9.59 Å². The van der Waals surface area contributed by atoms with Crippen LogP contribution >= 0.6 is 0 Å². The van der Waals surface area contributed by atoms with Crippen LogP contribution < -0.4 is 11.5 Å². The molecular weight excluding hydrogens is 386 g/mol. The van der Waals surface area contributed by atoms with Crippen LogP contribution in [0.15, 0.2) is 34.3 Å². The molecule has 5 N–H and O–H groups in total. The first kappa shape index (κ1) is 21.4. The van der Waals surface area contributed by atoms with Crippen LogP contribution in [0.25, 0.3) is 0 Å². The molecule has 0 saturated carbocycles. The van der Waals surface area contributed by atoms with Gasteiger partial charge in [0.05, 0.1) is 18.9 Å². The SMILES string of the molecule is N=C(C(N)=O)C(=Nc1ccc(C(=O)N2CCOCC2)cc1)N=C(N)N1CCCCC1. The molecule has 3 rings (SSSR count). The molecule has 2 saturated heterocycles. The van der Waals surface area contributed by atoms with Crippen molar-refractivity contribution < 1.29 is 14.3 Å². The molecule has 160 valence electrons. The fourth-order valence-corrected chi connectivity index (χ4v) is 3.30. The van der Waals surface area contributed by atoms with Crippen LogP contribution in [0.2, 0.25) is 0 Å². The zero-order valence-electron chi connectivity index (χ0n) is 16.8. The Bertz CT molecular complexity index is 852. The largest absolute Gasteiger partial charge is 0.378 e. The minimum atomic E-state index is -0.942. The molecule has 0 bridgehead atoms. The van der Waals surface area contributed by atoms with Crippen LogP contribution in [0.3, 0.4) is 0 Å². The fraction of sp³-hybridized carbons (Fsp3) is 0.450. The van der Waals surface area contributed by atoms with Gasteiger partial charge in [-0.3, -0.25) is 15.0 Å². The molecular formula is C20H27N7O3. The highest BCUT2D eigenvalue weighted by molar-refractivity contribution is 6.66. The molecule has 10 heteroatoms. The van der Waals surface area contributed by atoms with E-state index in [1.54, 1.807) is 29.2 Å². The monoisotopic (exact) mass is 413 g/mol. The van der Waals surface area contributed by atoms with E-state index < -0.39 is 11.6 Å². The van der Waals surface area contributed by atoms with Gasteiger partial charge in [-0.1, -0.05) is 0 Å². The van der Waals surface area contributed by atoms with Gasteiger partial charge in [0.2, 0.25) is 0 Å². The smallest absolute Gasteiger partial charge is 0.270 e. The number of likely N-dealkylation sites (tertiary alicyclic amines) is 1. The first-order valence-corrected chi connectivity index (χ1v) is 9.99. The maximum atomic E-state index is 12.5. The van der Waals surface area contributed by atoms with Gasteiger partial charge in [-0.15, -0.1) is 0 Å². The number of morpholine rings is 1. The summed E-state index contributed by atoms with van der Waals surface area (Å²) in [6.45, 7) is 3.72. The van der Waals surface area contributed by atoms with E-state index in [1.165, 1.54) is 0 Å². The molecule has 0 aromatic heterocycles. The normalized spacial score (nSPS) is 18.3. The summed E-state index contributed by atoms with van der Waals surface area (Å²) in [5.41, 5.74) is 11.8. The number of rotatable bonds is 4. The number of benzene rings is 1. The Morgan fingerprint density at radius 3 is 2.17 bits per heavy atom. The van der Waals surface area contributed by atoms with Crippen molar-refractivity contribution in [1.82, 2.24) is 9.80 Å². The Morgan fingerprint density at radius 1 is 0.933 bits per heavy atom. The number of guanidine groups is 1. The van der Waals surface area contributed by atoms with Gasteiger partial charge in [0.25, 0.3) is 11.8 Å². The predicted molar refractivity (Wildman–Crippen MR) is 114 cm³/mol. The van der Waals surface area contributed by atoms with Crippen LogP contribution in [-0.2, 0) is 9.53 Å². The van der Waals surface area contributed by atoms with Gasteiger partial charge in [-0.05, 0) is 43.5 Å². The average Bonchev–Trinajstić information content (AvgIpc) is 2.79. The number of amides is 2. The zero-order chi connectivity index (χ0) is 21.5. The Labute approximate surface area is 175 Å². The van der Waals surface area contributed by atoms with Crippen molar-refractivity contribution in [2.24, 2.45) is 21.5 Å².